The fourth-order valence-corrected chi connectivity index (χ4v) is 3.99. The van der Waals surface area contributed by atoms with Crippen LogP contribution in [-0.2, 0) is 4.74 Å². The standard InChI is InChI=1S/C26H21N5O4/c1-27-11-12-35-26(34)21-13-17(16-5-3-2-4-6-16)8-10-23(21)31-24(32)19-9-7-18(14-20(19)25(31)33)22-15-28-30-29-22/h2-10,13-15,27H,11-12H2,1H3,(H,28,29,30). The quantitative estimate of drug-likeness (QED) is 0.243. The largest absolute Gasteiger partial charge is 0.461 e. The van der Waals surface area contributed by atoms with Gasteiger partial charge in [0, 0.05) is 18.3 Å². The highest BCUT2D eigenvalue weighted by Gasteiger charge is 2.39. The van der Waals surface area contributed by atoms with Crippen molar-refractivity contribution < 1.29 is 19.1 Å². The topological polar surface area (TPSA) is 117 Å². The second-order valence-corrected chi connectivity index (χ2v) is 7.90. The van der Waals surface area contributed by atoms with Crippen molar-refractivity contribution in [2.24, 2.45) is 0 Å². The summed E-state index contributed by atoms with van der Waals surface area (Å²) in [4.78, 5) is 40.8. The molecule has 0 saturated carbocycles. The van der Waals surface area contributed by atoms with Crippen LogP contribution >= 0.6 is 0 Å². The summed E-state index contributed by atoms with van der Waals surface area (Å²) >= 11 is 0. The van der Waals surface area contributed by atoms with Crippen LogP contribution in [-0.4, -0.2) is 53.4 Å². The lowest BCUT2D eigenvalue weighted by Gasteiger charge is -2.19. The molecule has 2 heterocycles. The van der Waals surface area contributed by atoms with Gasteiger partial charge in [-0.15, -0.1) is 5.10 Å². The first-order valence-electron chi connectivity index (χ1n) is 11.0. The van der Waals surface area contributed by atoms with Crippen molar-refractivity contribution in [1.82, 2.24) is 20.7 Å². The molecule has 1 aliphatic heterocycles. The van der Waals surface area contributed by atoms with Gasteiger partial charge in [-0.1, -0.05) is 47.7 Å². The van der Waals surface area contributed by atoms with Gasteiger partial charge < -0.3 is 10.1 Å². The summed E-state index contributed by atoms with van der Waals surface area (Å²) in [5, 5.41) is 13.2. The number of carbonyl (C=O) groups is 3. The summed E-state index contributed by atoms with van der Waals surface area (Å²) < 4.78 is 5.41. The number of anilines is 1. The maximum atomic E-state index is 13.4. The first kappa shape index (κ1) is 22.2. The maximum absolute atomic E-state index is 13.4. The van der Waals surface area contributed by atoms with Crippen molar-refractivity contribution in [2.45, 2.75) is 0 Å². The molecule has 1 aromatic heterocycles. The summed E-state index contributed by atoms with van der Waals surface area (Å²) in [5.74, 6) is -1.65. The highest BCUT2D eigenvalue weighted by Crippen LogP contribution is 2.35. The molecule has 0 atom stereocenters. The van der Waals surface area contributed by atoms with E-state index < -0.39 is 17.8 Å². The van der Waals surface area contributed by atoms with Gasteiger partial charge in [-0.2, -0.15) is 0 Å². The van der Waals surface area contributed by atoms with Crippen molar-refractivity contribution in [1.29, 1.82) is 0 Å². The number of likely N-dealkylation sites (N-methyl/N-ethyl adjacent to an activating group) is 1. The van der Waals surface area contributed by atoms with E-state index in [1.54, 1.807) is 49.6 Å². The number of hydrogen-bond acceptors (Lipinski definition) is 7. The second kappa shape index (κ2) is 9.32. The molecule has 9 heteroatoms. The highest BCUT2D eigenvalue weighted by atomic mass is 16.5. The lowest BCUT2D eigenvalue weighted by molar-refractivity contribution is 0.0511. The van der Waals surface area contributed by atoms with Gasteiger partial charge in [-0.05, 0) is 42.4 Å². The van der Waals surface area contributed by atoms with Gasteiger partial charge >= 0.3 is 5.97 Å². The van der Waals surface area contributed by atoms with Crippen LogP contribution in [0.25, 0.3) is 22.4 Å². The number of H-pyrrole nitrogens is 1. The minimum absolute atomic E-state index is 0.133. The molecule has 4 aromatic rings. The van der Waals surface area contributed by atoms with Crippen molar-refractivity contribution in [3.63, 3.8) is 0 Å². The van der Waals surface area contributed by atoms with Crippen LogP contribution in [0.2, 0.25) is 0 Å². The van der Waals surface area contributed by atoms with E-state index in [2.05, 4.69) is 20.7 Å². The van der Waals surface area contributed by atoms with E-state index in [1.807, 2.05) is 30.3 Å². The number of nitrogens with zero attached hydrogens (tertiary/aromatic N) is 3. The molecule has 0 unspecified atom stereocenters. The van der Waals surface area contributed by atoms with Gasteiger partial charge in [0.15, 0.2) is 0 Å². The number of aromatic amines is 1. The van der Waals surface area contributed by atoms with Crippen molar-refractivity contribution in [3.8, 4) is 22.4 Å². The third-order valence-electron chi connectivity index (χ3n) is 5.75. The number of aromatic nitrogens is 3. The number of nitrogens with one attached hydrogen (secondary N) is 2. The van der Waals surface area contributed by atoms with E-state index in [4.69, 9.17) is 4.74 Å². The third kappa shape index (κ3) is 4.09. The van der Waals surface area contributed by atoms with E-state index in [9.17, 15) is 14.4 Å². The van der Waals surface area contributed by atoms with Gasteiger partial charge in [0.25, 0.3) is 11.8 Å². The molecular formula is C26H21N5O4. The van der Waals surface area contributed by atoms with Gasteiger partial charge in [-0.3, -0.25) is 14.7 Å². The maximum Gasteiger partial charge on any atom is 0.340 e. The smallest absolute Gasteiger partial charge is 0.340 e. The number of imide groups is 1. The Kier molecular flexibility index (Phi) is 5.90. The number of rotatable bonds is 7. The van der Waals surface area contributed by atoms with Crippen LogP contribution < -0.4 is 10.2 Å². The molecular weight excluding hydrogens is 446 g/mol. The first-order chi connectivity index (χ1) is 17.1. The second-order valence-electron chi connectivity index (χ2n) is 7.90. The Hall–Kier alpha value is -4.63. The Morgan fingerprint density at radius 3 is 2.46 bits per heavy atom. The molecule has 1 aliphatic rings. The molecule has 0 saturated heterocycles. The molecule has 2 N–H and O–H groups in total. The number of hydrogen-bond donors (Lipinski definition) is 2. The number of amides is 2. The molecule has 3 aromatic carbocycles. The lowest BCUT2D eigenvalue weighted by atomic mass is 10.0. The summed E-state index contributed by atoms with van der Waals surface area (Å²) in [5.41, 5.74) is 3.64. The zero-order chi connectivity index (χ0) is 24.4. The molecule has 0 spiro atoms. The summed E-state index contributed by atoms with van der Waals surface area (Å²) in [6.45, 7) is 0.616. The molecule has 2 amide bonds. The number of carbonyl (C=O) groups excluding carboxylic acids is 3. The van der Waals surface area contributed by atoms with Gasteiger partial charge in [0.2, 0.25) is 0 Å². The molecule has 0 bridgehead atoms. The van der Waals surface area contributed by atoms with Crippen molar-refractivity contribution >= 4 is 23.5 Å². The molecule has 0 aliphatic carbocycles. The SMILES string of the molecule is CNCCOC(=O)c1cc(-c2ccccc2)ccc1N1C(=O)c2ccc(-c3c[nH]nn3)cc2C1=O. The zero-order valence-electron chi connectivity index (χ0n) is 18.8. The summed E-state index contributed by atoms with van der Waals surface area (Å²) in [6, 6.07) is 19.5. The Balaban J connectivity index is 1.56. The molecule has 174 valence electrons. The summed E-state index contributed by atoms with van der Waals surface area (Å²) in [6.07, 6.45) is 1.60. The summed E-state index contributed by atoms with van der Waals surface area (Å²) in [7, 11) is 1.75. The van der Waals surface area contributed by atoms with Crippen LogP contribution in [0.4, 0.5) is 5.69 Å². The van der Waals surface area contributed by atoms with Crippen molar-refractivity contribution in [2.75, 3.05) is 25.1 Å². The predicted molar refractivity (Wildman–Crippen MR) is 129 cm³/mol. The minimum atomic E-state index is -0.618. The number of ether oxygens (including phenoxy) is 1. The van der Waals surface area contributed by atoms with Gasteiger partial charge in [-0.25, -0.2) is 9.69 Å². The van der Waals surface area contributed by atoms with Crippen LogP contribution in [0.1, 0.15) is 31.1 Å². The molecule has 5 rings (SSSR count). The third-order valence-corrected chi connectivity index (χ3v) is 5.75. The lowest BCUT2D eigenvalue weighted by Crippen LogP contribution is -2.31. The number of fused-ring (bicyclic) bond motifs is 1. The predicted octanol–water partition coefficient (Wildman–Crippen LogP) is 3.32. The number of esters is 1. The average Bonchev–Trinajstić information content (AvgIpc) is 3.51. The first-order valence-corrected chi connectivity index (χ1v) is 11.0. The van der Waals surface area contributed by atoms with E-state index in [-0.39, 0.29) is 29.0 Å². The highest BCUT2D eigenvalue weighted by molar-refractivity contribution is 6.35. The minimum Gasteiger partial charge on any atom is -0.461 e. The normalized spacial score (nSPS) is 12.7. The Morgan fingerprint density at radius 1 is 0.943 bits per heavy atom. The van der Waals surface area contributed by atoms with E-state index in [0.29, 0.717) is 17.8 Å². The van der Waals surface area contributed by atoms with E-state index in [0.717, 1.165) is 16.0 Å². The van der Waals surface area contributed by atoms with Crippen LogP contribution in [0, 0.1) is 0 Å². The van der Waals surface area contributed by atoms with Crippen LogP contribution in [0.3, 0.4) is 0 Å². The molecule has 9 nitrogen and oxygen atoms in total. The fraction of sp³-hybridized carbons (Fsp3) is 0.115. The molecule has 0 radical (unpaired) electrons. The average molecular weight is 467 g/mol. The monoisotopic (exact) mass is 467 g/mol. The Morgan fingerprint density at radius 2 is 1.71 bits per heavy atom. The zero-order valence-corrected chi connectivity index (χ0v) is 18.8. The van der Waals surface area contributed by atoms with E-state index >= 15 is 0 Å². The molecule has 35 heavy (non-hydrogen) atoms. The van der Waals surface area contributed by atoms with Crippen molar-refractivity contribution in [3.05, 3.63) is 89.6 Å². The van der Waals surface area contributed by atoms with E-state index in [1.165, 1.54) is 0 Å². The number of benzene rings is 3. The van der Waals surface area contributed by atoms with Gasteiger partial charge in [0.05, 0.1) is 22.4 Å². The van der Waals surface area contributed by atoms with Crippen LogP contribution in [0.15, 0.2) is 72.9 Å². The molecule has 0 fully saturated rings. The Labute approximate surface area is 200 Å². The fourth-order valence-electron chi connectivity index (χ4n) is 3.99. The van der Waals surface area contributed by atoms with Crippen LogP contribution in [0.5, 0.6) is 0 Å². The Bertz CT molecular complexity index is 1420. The van der Waals surface area contributed by atoms with Gasteiger partial charge in [0.1, 0.15) is 12.3 Å².